The summed E-state index contributed by atoms with van der Waals surface area (Å²) in [5.74, 6) is 2.76. The first-order valence-electron chi connectivity index (χ1n) is 14.2. The van der Waals surface area contributed by atoms with E-state index in [9.17, 15) is 0 Å². The number of ether oxygens (including phenoxy) is 6. The van der Waals surface area contributed by atoms with E-state index in [0.29, 0.717) is 38.1 Å². The Morgan fingerprint density at radius 1 is 0.435 bits per heavy atom. The molecule has 262 valence electrons. The third-order valence-electron chi connectivity index (χ3n) is 4.74. The van der Waals surface area contributed by atoms with Crippen molar-refractivity contribution in [2.24, 2.45) is 0 Å². The molecule has 3 fully saturated rings. The first-order valence-corrected chi connectivity index (χ1v) is 14.2. The van der Waals surface area contributed by atoms with Crippen LogP contribution in [0.1, 0.15) is 49.0 Å². The standard InChI is InChI=1S/3C9H10O2.3C2H6.CH4.4CH3.2Y/c3*1-2-4-8(5-3-1)10-6-9-7-11-9;3*1-2;;;;;;;/h3*1-5,9H,6-7H2;3*1-2H3;1H4;4*1H3;;/q;;;;;;;4*-1;;. The molecule has 3 atom stereocenters. The van der Waals surface area contributed by atoms with Crippen molar-refractivity contribution in [3.8, 4) is 17.2 Å². The zero-order valence-corrected chi connectivity index (χ0v) is 35.4. The zero-order valence-electron chi connectivity index (χ0n) is 29.7. The van der Waals surface area contributed by atoms with Gasteiger partial charge in [0.05, 0.1) is 19.8 Å². The van der Waals surface area contributed by atoms with Gasteiger partial charge < -0.3 is 58.1 Å². The number of benzene rings is 3. The minimum absolute atomic E-state index is 0. The molecule has 3 saturated heterocycles. The number of para-hydroxylation sites is 3. The molecule has 6 nitrogen and oxygen atoms in total. The number of hydrogen-bond acceptors (Lipinski definition) is 6. The van der Waals surface area contributed by atoms with Gasteiger partial charge in [0, 0.05) is 65.4 Å². The van der Waals surface area contributed by atoms with E-state index in [4.69, 9.17) is 28.4 Å². The number of epoxide rings is 3. The average Bonchev–Trinajstić information content (AvgIpc) is 3.88. The molecule has 3 unspecified atom stereocenters. The number of rotatable bonds is 9. The van der Waals surface area contributed by atoms with Crippen LogP contribution in [-0.4, -0.2) is 58.0 Å². The molecule has 0 aromatic heterocycles. The van der Waals surface area contributed by atoms with Crippen LogP contribution in [0.2, 0.25) is 0 Å². The first-order chi connectivity index (χ1) is 19.3. The van der Waals surface area contributed by atoms with Crippen LogP contribution in [0.4, 0.5) is 0 Å². The minimum Gasteiger partial charge on any atom is -0.491 e. The quantitative estimate of drug-likeness (QED) is 0.159. The summed E-state index contributed by atoms with van der Waals surface area (Å²) in [6.45, 7) is 16.6. The fourth-order valence-corrected chi connectivity index (χ4v) is 2.61. The fourth-order valence-electron chi connectivity index (χ4n) is 2.61. The SMILES string of the molecule is C.CC.CC.CC.[CH3-].[CH3-].[CH3-].[CH3-].[Y].[Y].c1ccc(OCC2CO2)cc1.c1ccc(OCC2CO2)cc1.c1ccc(OCC2CO2)cc1. The summed E-state index contributed by atoms with van der Waals surface area (Å²) in [5, 5.41) is 0. The summed E-state index contributed by atoms with van der Waals surface area (Å²) in [5.41, 5.74) is 0. The van der Waals surface area contributed by atoms with Gasteiger partial charge in [0.2, 0.25) is 0 Å². The van der Waals surface area contributed by atoms with Gasteiger partial charge in [0.1, 0.15) is 55.4 Å². The third-order valence-corrected chi connectivity index (χ3v) is 4.74. The summed E-state index contributed by atoms with van der Waals surface area (Å²) < 4.78 is 31.2. The van der Waals surface area contributed by atoms with Crippen LogP contribution < -0.4 is 14.2 Å². The summed E-state index contributed by atoms with van der Waals surface area (Å²) in [6.07, 6.45) is 1.03. The van der Waals surface area contributed by atoms with E-state index in [-0.39, 0.29) is 103 Å². The Kier molecular flexibility index (Phi) is 55.4. The average molecular weight is 795 g/mol. The molecule has 0 amide bonds. The van der Waals surface area contributed by atoms with Crippen molar-refractivity contribution in [1.82, 2.24) is 0 Å². The third kappa shape index (κ3) is 34.5. The van der Waals surface area contributed by atoms with Gasteiger partial charge in [-0.1, -0.05) is 104 Å². The largest absolute Gasteiger partial charge is 0.491 e. The molecule has 3 aromatic carbocycles. The van der Waals surface area contributed by atoms with Gasteiger partial charge in [0.25, 0.3) is 0 Å². The van der Waals surface area contributed by atoms with Crippen molar-refractivity contribution in [1.29, 1.82) is 0 Å². The Hall–Kier alpha value is -0.852. The molecule has 0 spiro atoms. The van der Waals surface area contributed by atoms with Gasteiger partial charge in [-0.05, 0) is 36.4 Å². The maximum atomic E-state index is 5.40. The second kappa shape index (κ2) is 42.2. The van der Waals surface area contributed by atoms with Gasteiger partial charge in [-0.3, -0.25) is 0 Å². The molecule has 46 heavy (non-hydrogen) atoms. The van der Waals surface area contributed by atoms with Crippen molar-refractivity contribution >= 4 is 0 Å². The predicted molar refractivity (Wildman–Crippen MR) is 191 cm³/mol. The number of hydrogen-bond donors (Lipinski definition) is 0. The normalized spacial score (nSPS) is 15.7. The van der Waals surface area contributed by atoms with Crippen LogP contribution in [0.25, 0.3) is 0 Å². The van der Waals surface area contributed by atoms with Crippen molar-refractivity contribution < 1.29 is 93.8 Å². The van der Waals surface area contributed by atoms with Crippen LogP contribution in [-0.2, 0) is 79.6 Å². The van der Waals surface area contributed by atoms with E-state index in [1.54, 1.807) is 0 Å². The smallest absolute Gasteiger partial charge is 0.119 e. The Morgan fingerprint density at radius 2 is 0.609 bits per heavy atom. The van der Waals surface area contributed by atoms with Crippen LogP contribution in [0, 0.1) is 29.7 Å². The van der Waals surface area contributed by atoms with Gasteiger partial charge in [0.15, 0.2) is 0 Å². The fraction of sp³-hybridized carbons (Fsp3) is 0.421. The van der Waals surface area contributed by atoms with E-state index in [0.717, 1.165) is 37.1 Å². The molecule has 6 rings (SSSR count). The Morgan fingerprint density at radius 3 is 0.761 bits per heavy atom. The van der Waals surface area contributed by atoms with Crippen LogP contribution in [0.3, 0.4) is 0 Å². The van der Waals surface area contributed by atoms with Crippen LogP contribution in [0.5, 0.6) is 17.2 Å². The molecule has 0 bridgehead atoms. The maximum Gasteiger partial charge on any atom is 0.119 e. The van der Waals surface area contributed by atoms with Gasteiger partial charge in [-0.2, -0.15) is 0 Å². The molecule has 3 aliphatic rings. The first kappa shape index (κ1) is 60.5. The van der Waals surface area contributed by atoms with Crippen molar-refractivity contribution in [2.75, 3.05) is 39.6 Å². The molecule has 0 saturated carbocycles. The Labute approximate surface area is 335 Å². The van der Waals surface area contributed by atoms with Crippen LogP contribution in [0.15, 0.2) is 91.0 Å². The summed E-state index contributed by atoms with van der Waals surface area (Å²) in [6, 6.07) is 29.4. The molecule has 0 aliphatic carbocycles. The zero-order chi connectivity index (χ0) is 28.6. The monoisotopic (exact) mass is 794 g/mol. The van der Waals surface area contributed by atoms with E-state index < -0.39 is 0 Å². The van der Waals surface area contributed by atoms with E-state index in [2.05, 4.69) is 0 Å². The van der Waals surface area contributed by atoms with Gasteiger partial charge in [-0.15, -0.1) is 0 Å². The maximum absolute atomic E-state index is 5.40. The summed E-state index contributed by atoms with van der Waals surface area (Å²) in [7, 11) is 0. The molecular weight excluding hydrogens is 730 g/mol. The summed E-state index contributed by atoms with van der Waals surface area (Å²) in [4.78, 5) is 0. The molecule has 2 radical (unpaired) electrons. The van der Waals surface area contributed by atoms with Crippen molar-refractivity contribution in [3.05, 3.63) is 121 Å². The van der Waals surface area contributed by atoms with E-state index in [1.807, 2.05) is 133 Å². The molecule has 8 heteroatoms. The van der Waals surface area contributed by atoms with Crippen molar-refractivity contribution in [3.63, 3.8) is 0 Å². The predicted octanol–water partition coefficient (Wildman–Crippen LogP) is 9.90. The molecule has 3 heterocycles. The molecule has 0 N–H and O–H groups in total. The molecule has 3 aliphatic heterocycles. The van der Waals surface area contributed by atoms with E-state index in [1.165, 1.54) is 0 Å². The second-order valence-electron chi connectivity index (χ2n) is 7.74. The molecule has 3 aromatic rings. The van der Waals surface area contributed by atoms with E-state index >= 15 is 0 Å². The second-order valence-corrected chi connectivity index (χ2v) is 7.74. The molecular formula is C38H64O6Y2-4. The van der Waals surface area contributed by atoms with Gasteiger partial charge in [-0.25, -0.2) is 0 Å². The minimum atomic E-state index is 0. The topological polar surface area (TPSA) is 65.3 Å². The Bertz CT molecular complexity index is 786. The van der Waals surface area contributed by atoms with Gasteiger partial charge >= 0.3 is 0 Å². The summed E-state index contributed by atoms with van der Waals surface area (Å²) >= 11 is 0. The Balaban J connectivity index is -0.0000000855. The van der Waals surface area contributed by atoms with Crippen molar-refractivity contribution in [2.45, 2.75) is 67.3 Å². The van der Waals surface area contributed by atoms with Crippen LogP contribution >= 0.6 is 0 Å².